The van der Waals surface area contributed by atoms with E-state index in [0.717, 1.165) is 51.0 Å². The molecule has 0 aromatic heterocycles. The minimum Gasteiger partial charge on any atom is -0.336 e. The fourth-order valence-electron chi connectivity index (χ4n) is 3.47. The van der Waals surface area contributed by atoms with Gasteiger partial charge in [-0.05, 0) is 56.0 Å². The molecule has 1 aliphatic heterocycles. The van der Waals surface area contributed by atoms with Crippen molar-refractivity contribution in [3.05, 3.63) is 34.4 Å². The number of carbonyl (C=O) groups excluding carboxylic acids is 1. The second kappa shape index (κ2) is 5.78. The molecule has 1 heterocycles. The highest BCUT2D eigenvalue weighted by molar-refractivity contribution is 5.96. The molecule has 4 heteroatoms. The van der Waals surface area contributed by atoms with Crippen molar-refractivity contribution in [3.63, 3.8) is 0 Å². The van der Waals surface area contributed by atoms with E-state index in [1.54, 1.807) is 0 Å². The lowest BCUT2D eigenvalue weighted by Gasteiger charge is -2.34. The summed E-state index contributed by atoms with van der Waals surface area (Å²) in [4.78, 5) is 17.1. The zero-order valence-electron chi connectivity index (χ0n) is 13.1. The Morgan fingerprint density at radius 2 is 1.90 bits per heavy atom. The van der Waals surface area contributed by atoms with Gasteiger partial charge in [0.2, 0.25) is 0 Å². The van der Waals surface area contributed by atoms with Crippen LogP contribution in [0.2, 0.25) is 0 Å². The summed E-state index contributed by atoms with van der Waals surface area (Å²) in [6, 6.07) is 4.30. The first kappa shape index (κ1) is 14.5. The standard InChI is InChI=1S/C17H25N3O/c1-12-3-5-15(16-11-13(18)4-6-14(12)16)17(21)20-9-7-19(2)8-10-20/h3,5,13H,4,6-11,18H2,1-2H3/t13-/m1/s1. The van der Waals surface area contributed by atoms with Crippen LogP contribution in [0, 0.1) is 6.92 Å². The number of fused-ring (bicyclic) bond motifs is 1. The molecule has 3 rings (SSSR count). The fourth-order valence-corrected chi connectivity index (χ4v) is 3.47. The number of carbonyl (C=O) groups is 1. The number of aryl methyl sites for hydroxylation is 1. The number of nitrogens with zero attached hydrogens (tertiary/aromatic N) is 2. The molecule has 1 fully saturated rings. The third-order valence-electron chi connectivity index (χ3n) is 4.92. The lowest BCUT2D eigenvalue weighted by molar-refractivity contribution is 0.0662. The van der Waals surface area contributed by atoms with E-state index in [0.29, 0.717) is 0 Å². The minimum atomic E-state index is 0.188. The molecule has 21 heavy (non-hydrogen) atoms. The lowest BCUT2D eigenvalue weighted by atomic mass is 9.83. The molecule has 1 amide bonds. The second-order valence-corrected chi connectivity index (χ2v) is 6.49. The molecule has 0 bridgehead atoms. The van der Waals surface area contributed by atoms with Crippen LogP contribution in [-0.2, 0) is 12.8 Å². The Hall–Kier alpha value is -1.39. The number of hydrogen-bond acceptors (Lipinski definition) is 3. The molecule has 2 N–H and O–H groups in total. The van der Waals surface area contributed by atoms with Crippen molar-refractivity contribution in [1.29, 1.82) is 0 Å². The molecule has 1 aliphatic carbocycles. The predicted octanol–water partition coefficient (Wildman–Crippen LogP) is 1.20. The van der Waals surface area contributed by atoms with Gasteiger partial charge < -0.3 is 15.5 Å². The molecule has 0 unspecified atom stereocenters. The number of amides is 1. The van der Waals surface area contributed by atoms with E-state index in [4.69, 9.17) is 5.73 Å². The summed E-state index contributed by atoms with van der Waals surface area (Å²) in [7, 11) is 2.11. The van der Waals surface area contributed by atoms with Crippen LogP contribution in [-0.4, -0.2) is 55.0 Å². The Balaban J connectivity index is 1.90. The highest BCUT2D eigenvalue weighted by Crippen LogP contribution is 2.28. The van der Waals surface area contributed by atoms with Gasteiger partial charge in [-0.3, -0.25) is 4.79 Å². The molecule has 0 saturated carbocycles. The largest absolute Gasteiger partial charge is 0.336 e. The Bertz CT molecular complexity index is 547. The van der Waals surface area contributed by atoms with E-state index >= 15 is 0 Å². The molecule has 4 nitrogen and oxygen atoms in total. The van der Waals surface area contributed by atoms with Crippen molar-refractivity contribution in [2.75, 3.05) is 33.2 Å². The Morgan fingerprint density at radius 1 is 1.19 bits per heavy atom. The zero-order chi connectivity index (χ0) is 15.0. The van der Waals surface area contributed by atoms with E-state index in [9.17, 15) is 4.79 Å². The van der Waals surface area contributed by atoms with Gasteiger partial charge in [-0.1, -0.05) is 6.07 Å². The number of hydrogen-bond donors (Lipinski definition) is 1. The Morgan fingerprint density at radius 3 is 2.62 bits per heavy atom. The van der Waals surface area contributed by atoms with Crippen LogP contribution in [0.25, 0.3) is 0 Å². The maximum atomic E-state index is 12.9. The third kappa shape index (κ3) is 2.83. The smallest absolute Gasteiger partial charge is 0.254 e. The summed E-state index contributed by atoms with van der Waals surface area (Å²) in [6.07, 6.45) is 2.87. The van der Waals surface area contributed by atoms with E-state index in [-0.39, 0.29) is 11.9 Å². The summed E-state index contributed by atoms with van der Waals surface area (Å²) in [5.74, 6) is 0.188. The average molecular weight is 287 g/mol. The molecule has 0 radical (unpaired) electrons. The van der Waals surface area contributed by atoms with Crippen molar-refractivity contribution in [3.8, 4) is 0 Å². The number of benzene rings is 1. The Labute approximate surface area is 126 Å². The molecular weight excluding hydrogens is 262 g/mol. The van der Waals surface area contributed by atoms with Crippen molar-refractivity contribution < 1.29 is 4.79 Å². The fraction of sp³-hybridized carbons (Fsp3) is 0.588. The van der Waals surface area contributed by atoms with Crippen molar-refractivity contribution in [2.24, 2.45) is 5.73 Å². The van der Waals surface area contributed by atoms with Gasteiger partial charge in [0.15, 0.2) is 0 Å². The van der Waals surface area contributed by atoms with Gasteiger partial charge in [-0.2, -0.15) is 0 Å². The van der Waals surface area contributed by atoms with E-state index in [2.05, 4.69) is 24.9 Å². The van der Waals surface area contributed by atoms with Gasteiger partial charge in [-0.25, -0.2) is 0 Å². The van der Waals surface area contributed by atoms with Crippen LogP contribution in [0.3, 0.4) is 0 Å². The van der Waals surface area contributed by atoms with Gasteiger partial charge in [0.1, 0.15) is 0 Å². The van der Waals surface area contributed by atoms with E-state index < -0.39 is 0 Å². The molecule has 0 spiro atoms. The molecule has 114 valence electrons. The van der Waals surface area contributed by atoms with Gasteiger partial charge in [0, 0.05) is 37.8 Å². The second-order valence-electron chi connectivity index (χ2n) is 6.49. The molecular formula is C17H25N3O. The number of nitrogens with two attached hydrogens (primary N) is 1. The first-order valence-electron chi connectivity index (χ1n) is 7.91. The number of rotatable bonds is 1. The van der Waals surface area contributed by atoms with Gasteiger partial charge in [0.25, 0.3) is 5.91 Å². The normalized spacial score (nSPS) is 23.0. The summed E-state index contributed by atoms with van der Waals surface area (Å²) in [5, 5.41) is 0. The van der Waals surface area contributed by atoms with Crippen LogP contribution in [0.15, 0.2) is 12.1 Å². The monoisotopic (exact) mass is 287 g/mol. The zero-order valence-corrected chi connectivity index (χ0v) is 13.1. The van der Waals surface area contributed by atoms with E-state index in [1.807, 2.05) is 11.0 Å². The van der Waals surface area contributed by atoms with Crippen molar-refractivity contribution >= 4 is 5.91 Å². The van der Waals surface area contributed by atoms with Crippen LogP contribution in [0.1, 0.15) is 33.5 Å². The SMILES string of the molecule is Cc1ccc(C(=O)N2CCN(C)CC2)c2c1CC[C@@H](N)C2. The van der Waals surface area contributed by atoms with Crippen LogP contribution < -0.4 is 5.73 Å². The number of piperazine rings is 1. The predicted molar refractivity (Wildman–Crippen MR) is 84.6 cm³/mol. The molecule has 1 aromatic carbocycles. The third-order valence-corrected chi connectivity index (χ3v) is 4.92. The summed E-state index contributed by atoms with van der Waals surface area (Å²) in [6.45, 7) is 5.70. The average Bonchev–Trinajstić information content (AvgIpc) is 2.47. The summed E-state index contributed by atoms with van der Waals surface area (Å²) in [5.41, 5.74) is 10.9. The first-order valence-corrected chi connectivity index (χ1v) is 7.91. The molecule has 2 aliphatic rings. The molecule has 1 atom stereocenters. The summed E-state index contributed by atoms with van der Waals surface area (Å²) >= 11 is 0. The quantitative estimate of drug-likeness (QED) is 0.844. The molecule has 1 saturated heterocycles. The number of likely N-dealkylation sites (N-methyl/N-ethyl adjacent to an activating group) is 1. The van der Waals surface area contributed by atoms with Crippen molar-refractivity contribution in [2.45, 2.75) is 32.2 Å². The molecule has 1 aromatic rings. The highest BCUT2D eigenvalue weighted by atomic mass is 16.2. The van der Waals surface area contributed by atoms with Crippen molar-refractivity contribution in [1.82, 2.24) is 9.80 Å². The van der Waals surface area contributed by atoms with Crippen LogP contribution in [0.5, 0.6) is 0 Å². The van der Waals surface area contributed by atoms with Gasteiger partial charge in [-0.15, -0.1) is 0 Å². The van der Waals surface area contributed by atoms with E-state index in [1.165, 1.54) is 16.7 Å². The topological polar surface area (TPSA) is 49.6 Å². The maximum absolute atomic E-state index is 12.9. The van der Waals surface area contributed by atoms with Crippen LogP contribution >= 0.6 is 0 Å². The highest BCUT2D eigenvalue weighted by Gasteiger charge is 2.26. The van der Waals surface area contributed by atoms with Gasteiger partial charge >= 0.3 is 0 Å². The van der Waals surface area contributed by atoms with Gasteiger partial charge in [0.05, 0.1) is 0 Å². The van der Waals surface area contributed by atoms with Crippen LogP contribution in [0.4, 0.5) is 0 Å². The summed E-state index contributed by atoms with van der Waals surface area (Å²) < 4.78 is 0. The minimum absolute atomic E-state index is 0.188. The maximum Gasteiger partial charge on any atom is 0.254 e. The first-order chi connectivity index (χ1) is 10.1. The lowest BCUT2D eigenvalue weighted by Crippen LogP contribution is -2.47. The Kier molecular flexibility index (Phi) is 4.00.